The van der Waals surface area contributed by atoms with Crippen LogP contribution in [0.3, 0.4) is 0 Å². The van der Waals surface area contributed by atoms with Gasteiger partial charge >= 0.3 is 98.5 Å². The fraction of sp³-hybridized carbons (Fsp3) is 0. The summed E-state index contributed by atoms with van der Waals surface area (Å²) in [6.45, 7) is 0. The van der Waals surface area contributed by atoms with Crippen LogP contribution in [0.25, 0.3) is 0 Å². The summed E-state index contributed by atoms with van der Waals surface area (Å²) in [5, 5.41) is 0. The molecule has 0 fully saturated rings. The maximum absolute atomic E-state index is 2.39. The Kier molecular flexibility index (Phi) is 3.67. The van der Waals surface area contributed by atoms with E-state index >= 15 is 0 Å². The predicted octanol–water partition coefficient (Wildman–Crippen LogP) is 1.69. The monoisotopic (exact) mass is 538 g/mol. The van der Waals surface area contributed by atoms with Gasteiger partial charge in [-0.2, -0.15) is 0 Å². The molecule has 3 heteroatoms. The summed E-state index contributed by atoms with van der Waals surface area (Å²) in [5.41, 5.74) is 0. The van der Waals surface area contributed by atoms with Gasteiger partial charge in [0.25, 0.3) is 0 Å². The van der Waals surface area contributed by atoms with Crippen LogP contribution in [0.15, 0.2) is 18.2 Å². The number of hydrogen-bond acceptors (Lipinski definition) is 0. The Hall–Kier alpha value is 1.56. The molecule has 0 saturated carbocycles. The second-order valence-electron chi connectivity index (χ2n) is 1.57. The Balaban J connectivity index is 3.25. The Labute approximate surface area is 96.9 Å². The van der Waals surface area contributed by atoms with Gasteiger partial charge in [0.2, 0.25) is 0 Å². The molecule has 0 amide bonds. The molecule has 1 aromatic rings. The quantitative estimate of drug-likeness (QED) is 0.349. The van der Waals surface area contributed by atoms with Gasteiger partial charge in [-0.15, -0.1) is 0 Å². The van der Waals surface area contributed by atoms with Crippen LogP contribution >= 0.6 is 45.2 Å². The second-order valence-corrected chi connectivity index (χ2v) is 5.69. The Morgan fingerprint density at radius 3 is 2.33 bits per heavy atom. The Morgan fingerprint density at radius 2 is 1.89 bits per heavy atom. The van der Waals surface area contributed by atoms with E-state index in [1.54, 1.807) is 0 Å². The summed E-state index contributed by atoms with van der Waals surface area (Å²) in [7, 11) is 0. The molecular formula is C6H3BiI2. The Bertz CT molecular complexity index is 202. The van der Waals surface area contributed by atoms with Crippen LogP contribution in [0, 0.1) is 7.14 Å². The summed E-state index contributed by atoms with van der Waals surface area (Å²) in [6.07, 6.45) is 0. The molecule has 46 valence electrons. The van der Waals surface area contributed by atoms with Crippen molar-refractivity contribution >= 4 is 73.2 Å². The minimum absolute atomic E-state index is 1.36. The van der Waals surface area contributed by atoms with E-state index in [0.29, 0.717) is 0 Å². The van der Waals surface area contributed by atoms with E-state index in [1.807, 2.05) is 0 Å². The van der Waals surface area contributed by atoms with Crippen molar-refractivity contribution in [3.63, 3.8) is 0 Å². The molecule has 0 aromatic heterocycles. The molecule has 0 aliphatic carbocycles. The molecule has 0 N–H and O–H groups in total. The van der Waals surface area contributed by atoms with Gasteiger partial charge in [-0.05, 0) is 0 Å². The predicted molar refractivity (Wildman–Crippen MR) is 57.3 cm³/mol. The molecule has 1 rings (SSSR count). The summed E-state index contributed by atoms with van der Waals surface area (Å²) < 4.78 is 4.26. The third-order valence-electron chi connectivity index (χ3n) is 0.931. The van der Waals surface area contributed by atoms with Crippen molar-refractivity contribution in [2.24, 2.45) is 0 Å². The summed E-state index contributed by atoms with van der Waals surface area (Å²) >= 11 is 6.11. The summed E-state index contributed by atoms with van der Waals surface area (Å²) in [6, 6.07) is 6.43. The molecule has 0 spiro atoms. The Morgan fingerprint density at radius 1 is 1.22 bits per heavy atom. The first-order valence-electron chi connectivity index (χ1n) is 2.35. The van der Waals surface area contributed by atoms with Gasteiger partial charge in [-0.25, -0.2) is 0 Å². The number of rotatable bonds is 0. The van der Waals surface area contributed by atoms with Gasteiger partial charge in [0.05, 0.1) is 0 Å². The zero-order valence-electron chi connectivity index (χ0n) is 4.44. The molecule has 1 aromatic carbocycles. The van der Waals surface area contributed by atoms with E-state index in [2.05, 4.69) is 63.4 Å². The molecule has 0 saturated heterocycles. The van der Waals surface area contributed by atoms with E-state index in [4.69, 9.17) is 0 Å². The van der Waals surface area contributed by atoms with Crippen molar-refractivity contribution in [3.05, 3.63) is 25.3 Å². The molecular weight excluding hydrogens is 535 g/mol. The van der Waals surface area contributed by atoms with Crippen LogP contribution in [0.4, 0.5) is 0 Å². The third kappa shape index (κ3) is 2.26. The maximum atomic E-state index is 2.39. The molecule has 0 unspecified atom stereocenters. The van der Waals surface area contributed by atoms with Crippen LogP contribution < -0.4 is 3.27 Å². The van der Waals surface area contributed by atoms with E-state index in [9.17, 15) is 0 Å². The molecule has 9 heavy (non-hydrogen) atoms. The average Bonchev–Trinajstić information content (AvgIpc) is 1.83. The first-order chi connectivity index (χ1) is 4.22. The average molecular weight is 538 g/mol. The van der Waals surface area contributed by atoms with Crippen LogP contribution in [0.5, 0.6) is 0 Å². The molecule has 0 heterocycles. The summed E-state index contributed by atoms with van der Waals surface area (Å²) in [5.74, 6) is 0. The minimum atomic E-state index is 1.36. The molecule has 0 atom stereocenters. The van der Waals surface area contributed by atoms with Crippen molar-refractivity contribution in [1.82, 2.24) is 0 Å². The van der Waals surface area contributed by atoms with Crippen LogP contribution in [-0.2, 0) is 0 Å². The van der Waals surface area contributed by atoms with Crippen molar-refractivity contribution in [3.8, 4) is 0 Å². The van der Waals surface area contributed by atoms with Gasteiger partial charge in [0.15, 0.2) is 0 Å². The van der Waals surface area contributed by atoms with Crippen molar-refractivity contribution in [1.29, 1.82) is 0 Å². The fourth-order valence-electron chi connectivity index (χ4n) is 0.492. The first-order valence-corrected chi connectivity index (χ1v) is 6.24. The standard InChI is InChI=1S/C6H3I2.Bi/c7-5-3-1-2-4-6(5)8;/h1-3H;. The number of benzene rings is 1. The third-order valence-corrected chi connectivity index (χ3v) is 7.21. The number of halogens is 2. The molecule has 0 nitrogen and oxygen atoms in total. The molecule has 0 aliphatic heterocycles. The van der Waals surface area contributed by atoms with Crippen LogP contribution in [0.1, 0.15) is 0 Å². The van der Waals surface area contributed by atoms with Crippen molar-refractivity contribution < 1.29 is 0 Å². The van der Waals surface area contributed by atoms with Crippen LogP contribution in [-0.4, -0.2) is 24.7 Å². The summed E-state index contributed by atoms with van der Waals surface area (Å²) in [4.78, 5) is 0. The molecule has 0 aliphatic rings. The molecule has 2 radical (unpaired) electrons. The van der Waals surface area contributed by atoms with E-state index in [1.165, 1.54) is 35.1 Å². The zero-order chi connectivity index (χ0) is 6.85. The van der Waals surface area contributed by atoms with E-state index in [-0.39, 0.29) is 0 Å². The zero-order valence-corrected chi connectivity index (χ0v) is 12.2. The van der Waals surface area contributed by atoms with E-state index < -0.39 is 0 Å². The van der Waals surface area contributed by atoms with Crippen LogP contribution in [0.2, 0.25) is 0 Å². The van der Waals surface area contributed by atoms with Gasteiger partial charge in [-0.3, -0.25) is 0 Å². The normalized spacial score (nSPS) is 9.67. The van der Waals surface area contributed by atoms with E-state index in [0.717, 1.165) is 0 Å². The molecule has 0 bridgehead atoms. The first kappa shape index (κ1) is 8.66. The van der Waals surface area contributed by atoms with Gasteiger partial charge in [-0.1, -0.05) is 0 Å². The van der Waals surface area contributed by atoms with Gasteiger partial charge in [0, 0.05) is 0 Å². The SMILES string of the molecule is Ic1ccc[c]([Bi])c1I. The topological polar surface area (TPSA) is 0 Å². The van der Waals surface area contributed by atoms with Crippen molar-refractivity contribution in [2.45, 2.75) is 0 Å². The number of hydrogen-bond donors (Lipinski definition) is 0. The second kappa shape index (κ2) is 3.81. The van der Waals surface area contributed by atoms with Gasteiger partial charge in [0.1, 0.15) is 0 Å². The fourth-order valence-corrected chi connectivity index (χ4v) is 3.02. The van der Waals surface area contributed by atoms with Crippen molar-refractivity contribution in [2.75, 3.05) is 0 Å². The van der Waals surface area contributed by atoms with Gasteiger partial charge < -0.3 is 0 Å².